The van der Waals surface area contributed by atoms with Crippen LogP contribution >= 0.6 is 15.9 Å². The molecule has 1 aromatic carbocycles. The molecule has 5 nitrogen and oxygen atoms in total. The number of fused-ring (bicyclic) bond motifs is 1. The summed E-state index contributed by atoms with van der Waals surface area (Å²) < 4.78 is 0.941. The van der Waals surface area contributed by atoms with Crippen molar-refractivity contribution < 1.29 is 4.79 Å². The van der Waals surface area contributed by atoms with Gasteiger partial charge in [-0.2, -0.15) is 5.26 Å². The Morgan fingerprint density at radius 1 is 1.24 bits per heavy atom. The van der Waals surface area contributed by atoms with E-state index in [9.17, 15) is 10.1 Å². The summed E-state index contributed by atoms with van der Waals surface area (Å²) in [6, 6.07) is 10.3. The first kappa shape index (κ1) is 16.3. The molecule has 128 valence electrons. The van der Waals surface area contributed by atoms with Gasteiger partial charge in [-0.05, 0) is 43.5 Å². The van der Waals surface area contributed by atoms with E-state index < -0.39 is 0 Å². The molecule has 1 amide bonds. The van der Waals surface area contributed by atoms with Gasteiger partial charge in [0.2, 0.25) is 5.91 Å². The number of aromatic nitrogens is 1. The van der Waals surface area contributed by atoms with Gasteiger partial charge in [0.15, 0.2) is 0 Å². The second-order valence-corrected chi connectivity index (χ2v) is 7.65. The number of hydrogen-bond donors (Lipinski definition) is 0. The highest BCUT2D eigenvalue weighted by Gasteiger charge is 2.31. The summed E-state index contributed by atoms with van der Waals surface area (Å²) in [6.45, 7) is 2.59. The highest BCUT2D eigenvalue weighted by atomic mass is 79.9. The molecule has 25 heavy (non-hydrogen) atoms. The predicted octanol–water partition coefficient (Wildman–Crippen LogP) is 3.46. The molecule has 0 saturated carbocycles. The van der Waals surface area contributed by atoms with E-state index in [1.807, 2.05) is 29.2 Å². The van der Waals surface area contributed by atoms with Crippen molar-refractivity contribution in [3.63, 3.8) is 0 Å². The molecule has 6 heteroatoms. The molecule has 1 aromatic heterocycles. The SMILES string of the molecule is N#Cc1cc(N2CCC[C@H](N3CCCC3=O)C2)nc2ccc(Br)cc12. The van der Waals surface area contributed by atoms with Gasteiger partial charge in [-0.25, -0.2) is 4.98 Å². The Bertz CT molecular complexity index is 876. The van der Waals surface area contributed by atoms with E-state index in [-0.39, 0.29) is 11.9 Å². The Labute approximate surface area is 155 Å². The smallest absolute Gasteiger partial charge is 0.222 e. The van der Waals surface area contributed by atoms with Crippen molar-refractivity contribution in [3.8, 4) is 6.07 Å². The lowest BCUT2D eigenvalue weighted by atomic mass is 10.0. The summed E-state index contributed by atoms with van der Waals surface area (Å²) in [4.78, 5) is 21.1. The summed E-state index contributed by atoms with van der Waals surface area (Å²) >= 11 is 3.46. The number of anilines is 1. The number of amides is 1. The molecule has 0 N–H and O–H groups in total. The van der Waals surface area contributed by atoms with Crippen LogP contribution < -0.4 is 4.90 Å². The molecule has 4 rings (SSSR count). The third kappa shape index (κ3) is 3.09. The highest BCUT2D eigenvalue weighted by Crippen LogP contribution is 2.29. The highest BCUT2D eigenvalue weighted by molar-refractivity contribution is 9.10. The van der Waals surface area contributed by atoms with Gasteiger partial charge >= 0.3 is 0 Å². The standard InChI is InChI=1S/C19H19BrN4O/c20-14-5-6-17-16(10-14)13(11-21)9-18(22-17)23-7-1-3-15(12-23)24-8-2-4-19(24)25/h5-6,9-10,15H,1-4,7-8,12H2/t15-/m0/s1. The van der Waals surface area contributed by atoms with E-state index in [2.05, 4.69) is 26.9 Å². The molecule has 2 saturated heterocycles. The normalized spacial score (nSPS) is 21.0. The lowest BCUT2D eigenvalue weighted by molar-refractivity contribution is -0.129. The fourth-order valence-electron chi connectivity index (χ4n) is 3.91. The first-order valence-corrected chi connectivity index (χ1v) is 9.50. The molecule has 2 aromatic rings. The van der Waals surface area contributed by atoms with Crippen molar-refractivity contribution in [2.45, 2.75) is 31.7 Å². The lowest BCUT2D eigenvalue weighted by Crippen LogP contribution is -2.48. The Kier molecular flexibility index (Phi) is 4.34. The zero-order valence-corrected chi connectivity index (χ0v) is 15.5. The molecule has 0 aliphatic carbocycles. The van der Waals surface area contributed by atoms with Crippen molar-refractivity contribution >= 4 is 38.6 Å². The van der Waals surface area contributed by atoms with E-state index in [1.54, 1.807) is 0 Å². The van der Waals surface area contributed by atoms with Crippen LogP contribution in [0.2, 0.25) is 0 Å². The predicted molar refractivity (Wildman–Crippen MR) is 100 cm³/mol. The maximum absolute atomic E-state index is 12.1. The monoisotopic (exact) mass is 398 g/mol. The van der Waals surface area contributed by atoms with Crippen molar-refractivity contribution in [1.29, 1.82) is 5.26 Å². The minimum Gasteiger partial charge on any atom is -0.354 e. The van der Waals surface area contributed by atoms with Gasteiger partial charge in [-0.3, -0.25) is 4.79 Å². The molecule has 2 fully saturated rings. The number of carbonyl (C=O) groups excluding carboxylic acids is 1. The number of piperidine rings is 1. The van der Waals surface area contributed by atoms with Gasteiger partial charge in [0.25, 0.3) is 0 Å². The molecule has 3 heterocycles. The fraction of sp³-hybridized carbons (Fsp3) is 0.421. The Balaban J connectivity index is 1.66. The zero-order chi connectivity index (χ0) is 17.4. The topological polar surface area (TPSA) is 60.2 Å². The Morgan fingerprint density at radius 3 is 2.88 bits per heavy atom. The number of nitriles is 1. The van der Waals surface area contributed by atoms with Crippen LogP contribution in [0.4, 0.5) is 5.82 Å². The molecule has 2 aliphatic rings. The van der Waals surface area contributed by atoms with Crippen LogP contribution in [0.25, 0.3) is 10.9 Å². The number of hydrogen-bond acceptors (Lipinski definition) is 4. The molecule has 0 unspecified atom stereocenters. The van der Waals surface area contributed by atoms with Gasteiger partial charge in [-0.15, -0.1) is 0 Å². The van der Waals surface area contributed by atoms with E-state index >= 15 is 0 Å². The Hall–Kier alpha value is -2.13. The van der Waals surface area contributed by atoms with E-state index in [1.165, 1.54) is 0 Å². The molecule has 1 atom stereocenters. The van der Waals surface area contributed by atoms with Crippen molar-refractivity contribution in [2.24, 2.45) is 0 Å². The molecule has 0 spiro atoms. The summed E-state index contributed by atoms with van der Waals surface area (Å²) in [5.41, 5.74) is 1.47. The van der Waals surface area contributed by atoms with Crippen LogP contribution in [0.5, 0.6) is 0 Å². The van der Waals surface area contributed by atoms with Crippen molar-refractivity contribution in [2.75, 3.05) is 24.5 Å². The van der Waals surface area contributed by atoms with Gasteiger partial charge in [-0.1, -0.05) is 15.9 Å². The number of nitrogens with zero attached hydrogens (tertiary/aromatic N) is 4. The van der Waals surface area contributed by atoms with Crippen LogP contribution in [0.1, 0.15) is 31.2 Å². The average molecular weight is 399 g/mol. The maximum Gasteiger partial charge on any atom is 0.222 e. The number of likely N-dealkylation sites (tertiary alicyclic amines) is 1. The van der Waals surface area contributed by atoms with Crippen LogP contribution in [0, 0.1) is 11.3 Å². The fourth-order valence-corrected chi connectivity index (χ4v) is 4.27. The molecule has 0 bridgehead atoms. The first-order valence-electron chi connectivity index (χ1n) is 8.70. The quantitative estimate of drug-likeness (QED) is 0.776. The number of halogens is 1. The number of rotatable bonds is 2. The van der Waals surface area contributed by atoms with Crippen molar-refractivity contribution in [1.82, 2.24) is 9.88 Å². The summed E-state index contributed by atoms with van der Waals surface area (Å²) in [7, 11) is 0. The van der Waals surface area contributed by atoms with Crippen LogP contribution in [0.3, 0.4) is 0 Å². The van der Waals surface area contributed by atoms with Gasteiger partial charge < -0.3 is 9.80 Å². The largest absolute Gasteiger partial charge is 0.354 e. The third-order valence-electron chi connectivity index (χ3n) is 5.15. The van der Waals surface area contributed by atoms with Gasteiger partial charge in [0, 0.05) is 42.0 Å². The Morgan fingerprint density at radius 2 is 2.12 bits per heavy atom. The van der Waals surface area contributed by atoms with E-state index in [0.717, 1.165) is 60.1 Å². The summed E-state index contributed by atoms with van der Waals surface area (Å²) in [6.07, 6.45) is 3.74. The summed E-state index contributed by atoms with van der Waals surface area (Å²) in [5, 5.41) is 10.4. The first-order chi connectivity index (χ1) is 12.2. The van der Waals surface area contributed by atoms with E-state index in [4.69, 9.17) is 4.98 Å². The molecule has 0 radical (unpaired) electrons. The molecular formula is C19H19BrN4O. The minimum atomic E-state index is 0.261. The van der Waals surface area contributed by atoms with Gasteiger partial charge in [0.05, 0.1) is 17.1 Å². The van der Waals surface area contributed by atoms with Crippen molar-refractivity contribution in [3.05, 3.63) is 34.3 Å². The molecular weight excluding hydrogens is 380 g/mol. The number of pyridine rings is 1. The van der Waals surface area contributed by atoms with Gasteiger partial charge in [0.1, 0.15) is 5.82 Å². The van der Waals surface area contributed by atoms with E-state index in [0.29, 0.717) is 12.0 Å². The molecule has 2 aliphatic heterocycles. The van der Waals surface area contributed by atoms with Crippen LogP contribution in [-0.2, 0) is 4.79 Å². The summed E-state index contributed by atoms with van der Waals surface area (Å²) in [5.74, 6) is 1.11. The maximum atomic E-state index is 12.1. The lowest BCUT2D eigenvalue weighted by Gasteiger charge is -2.38. The zero-order valence-electron chi connectivity index (χ0n) is 13.9. The second-order valence-electron chi connectivity index (χ2n) is 6.73. The minimum absolute atomic E-state index is 0.261. The number of carbonyl (C=O) groups is 1. The van der Waals surface area contributed by atoms with Crippen LogP contribution in [0.15, 0.2) is 28.7 Å². The second kappa shape index (κ2) is 6.64. The number of benzene rings is 1. The third-order valence-corrected chi connectivity index (χ3v) is 5.64. The van der Waals surface area contributed by atoms with Crippen LogP contribution in [-0.4, -0.2) is 41.5 Å². The average Bonchev–Trinajstić information content (AvgIpc) is 3.07.